The van der Waals surface area contributed by atoms with Gasteiger partial charge in [-0.25, -0.2) is 4.79 Å². The molecule has 0 bridgehead atoms. The van der Waals surface area contributed by atoms with Crippen LogP contribution in [0.25, 0.3) is 11.3 Å². The van der Waals surface area contributed by atoms with Gasteiger partial charge in [0.1, 0.15) is 0 Å². The molecule has 1 aromatic heterocycles. The zero-order chi connectivity index (χ0) is 21.8. The van der Waals surface area contributed by atoms with Crippen molar-refractivity contribution < 1.29 is 23.8 Å². The van der Waals surface area contributed by atoms with E-state index in [0.29, 0.717) is 22.8 Å². The molecule has 1 aliphatic heterocycles. The number of benzene rings is 2. The van der Waals surface area contributed by atoms with E-state index in [1.54, 1.807) is 25.1 Å². The molecule has 1 unspecified atom stereocenters. The molecule has 7 nitrogen and oxygen atoms in total. The van der Waals surface area contributed by atoms with Gasteiger partial charge < -0.3 is 19.5 Å². The molecule has 0 saturated carbocycles. The normalized spacial score (nSPS) is 12.8. The van der Waals surface area contributed by atoms with Crippen LogP contribution < -0.4 is 14.8 Å². The third-order valence-corrected chi connectivity index (χ3v) is 4.93. The van der Waals surface area contributed by atoms with Gasteiger partial charge in [-0.1, -0.05) is 36.4 Å². The van der Waals surface area contributed by atoms with E-state index in [1.165, 1.54) is 6.92 Å². The van der Waals surface area contributed by atoms with E-state index in [-0.39, 0.29) is 13.3 Å². The molecule has 1 aliphatic rings. The predicted octanol–water partition coefficient (Wildman–Crippen LogP) is 3.65. The minimum atomic E-state index is -0.949. The standard InChI is InChI=1S/C24H22N2O5/c1-15-19(9-10-20(26-15)18-6-4-3-5-7-18)24(28)31-16(2)23(27)25-13-17-8-11-21-22(12-17)30-14-29-21/h3-12,16H,13-14H2,1-2H3,(H,25,27). The second-order valence-electron chi connectivity index (χ2n) is 7.15. The number of ether oxygens (including phenoxy) is 3. The third kappa shape index (κ3) is 4.66. The fraction of sp³-hybridized carbons (Fsp3) is 0.208. The fourth-order valence-electron chi connectivity index (χ4n) is 3.21. The second-order valence-corrected chi connectivity index (χ2v) is 7.15. The average molecular weight is 418 g/mol. The number of carbonyl (C=O) groups is 2. The number of aromatic nitrogens is 1. The first-order valence-corrected chi connectivity index (χ1v) is 9.91. The van der Waals surface area contributed by atoms with Crippen LogP contribution in [0.4, 0.5) is 0 Å². The number of fused-ring (bicyclic) bond motifs is 1. The van der Waals surface area contributed by atoms with Gasteiger partial charge in [0.05, 0.1) is 17.0 Å². The van der Waals surface area contributed by atoms with Crippen LogP contribution in [-0.2, 0) is 16.1 Å². The Morgan fingerprint density at radius 2 is 1.84 bits per heavy atom. The van der Waals surface area contributed by atoms with Gasteiger partial charge in [-0.15, -0.1) is 0 Å². The molecule has 3 aromatic rings. The monoisotopic (exact) mass is 418 g/mol. The van der Waals surface area contributed by atoms with E-state index >= 15 is 0 Å². The summed E-state index contributed by atoms with van der Waals surface area (Å²) in [6, 6.07) is 18.6. The topological polar surface area (TPSA) is 86.8 Å². The van der Waals surface area contributed by atoms with Crippen LogP contribution in [0.15, 0.2) is 60.7 Å². The molecule has 0 saturated heterocycles. The zero-order valence-electron chi connectivity index (χ0n) is 17.3. The SMILES string of the molecule is Cc1nc(-c2ccccc2)ccc1C(=O)OC(C)C(=O)NCc1ccc2c(c1)OCO2. The van der Waals surface area contributed by atoms with Crippen molar-refractivity contribution in [2.24, 2.45) is 0 Å². The maximum atomic E-state index is 12.6. The Morgan fingerprint density at radius 1 is 1.06 bits per heavy atom. The van der Waals surface area contributed by atoms with Gasteiger partial charge in [-0.2, -0.15) is 0 Å². The highest BCUT2D eigenvalue weighted by Gasteiger charge is 2.21. The Morgan fingerprint density at radius 3 is 2.61 bits per heavy atom. The van der Waals surface area contributed by atoms with Crippen LogP contribution in [0.5, 0.6) is 11.5 Å². The largest absolute Gasteiger partial charge is 0.454 e. The number of hydrogen-bond acceptors (Lipinski definition) is 6. The van der Waals surface area contributed by atoms with Crippen molar-refractivity contribution in [2.75, 3.05) is 6.79 Å². The molecule has 1 atom stereocenters. The summed E-state index contributed by atoms with van der Waals surface area (Å²) in [5, 5.41) is 2.76. The molecular formula is C24H22N2O5. The van der Waals surface area contributed by atoms with E-state index in [4.69, 9.17) is 14.2 Å². The van der Waals surface area contributed by atoms with E-state index in [0.717, 1.165) is 16.8 Å². The van der Waals surface area contributed by atoms with Crippen molar-refractivity contribution in [3.05, 3.63) is 77.5 Å². The maximum absolute atomic E-state index is 12.6. The molecular weight excluding hydrogens is 396 g/mol. The second kappa shape index (κ2) is 8.87. The highest BCUT2D eigenvalue weighted by atomic mass is 16.7. The number of nitrogens with zero attached hydrogens (tertiary/aromatic N) is 1. The number of nitrogens with one attached hydrogen (secondary N) is 1. The molecule has 2 heterocycles. The molecule has 31 heavy (non-hydrogen) atoms. The summed E-state index contributed by atoms with van der Waals surface area (Å²) in [4.78, 5) is 29.4. The summed E-state index contributed by atoms with van der Waals surface area (Å²) in [5.74, 6) is 0.348. The van der Waals surface area contributed by atoms with Crippen molar-refractivity contribution in [1.82, 2.24) is 10.3 Å². The summed E-state index contributed by atoms with van der Waals surface area (Å²) in [7, 11) is 0. The van der Waals surface area contributed by atoms with Gasteiger partial charge in [0, 0.05) is 12.1 Å². The summed E-state index contributed by atoms with van der Waals surface area (Å²) in [6.07, 6.45) is -0.949. The van der Waals surface area contributed by atoms with Gasteiger partial charge in [-0.3, -0.25) is 9.78 Å². The quantitative estimate of drug-likeness (QED) is 0.615. The van der Waals surface area contributed by atoms with Crippen LogP contribution in [-0.4, -0.2) is 29.8 Å². The Balaban J connectivity index is 1.35. The lowest BCUT2D eigenvalue weighted by atomic mass is 10.1. The van der Waals surface area contributed by atoms with Crippen molar-refractivity contribution in [3.63, 3.8) is 0 Å². The molecule has 4 rings (SSSR count). The molecule has 0 fully saturated rings. The Bertz CT molecular complexity index is 1110. The summed E-state index contributed by atoms with van der Waals surface area (Å²) in [6.45, 7) is 3.75. The van der Waals surface area contributed by atoms with Gasteiger partial charge >= 0.3 is 5.97 Å². The number of aryl methyl sites for hydroxylation is 1. The Kier molecular flexibility index (Phi) is 5.84. The van der Waals surface area contributed by atoms with Gasteiger partial charge in [0.2, 0.25) is 6.79 Å². The smallest absolute Gasteiger partial charge is 0.340 e. The number of esters is 1. The zero-order valence-corrected chi connectivity index (χ0v) is 17.3. The summed E-state index contributed by atoms with van der Waals surface area (Å²) >= 11 is 0. The predicted molar refractivity (Wildman–Crippen MR) is 114 cm³/mol. The number of hydrogen-bond donors (Lipinski definition) is 1. The first-order chi connectivity index (χ1) is 15.0. The van der Waals surface area contributed by atoms with Crippen molar-refractivity contribution in [1.29, 1.82) is 0 Å². The number of pyridine rings is 1. The molecule has 0 aliphatic carbocycles. The maximum Gasteiger partial charge on any atom is 0.340 e. The van der Waals surface area contributed by atoms with Crippen LogP contribution >= 0.6 is 0 Å². The number of rotatable bonds is 6. The summed E-state index contributed by atoms with van der Waals surface area (Å²) in [5.41, 5.74) is 3.45. The molecule has 0 radical (unpaired) electrons. The highest BCUT2D eigenvalue weighted by Crippen LogP contribution is 2.32. The van der Waals surface area contributed by atoms with Crippen LogP contribution in [0.1, 0.15) is 28.5 Å². The Hall–Kier alpha value is -3.87. The van der Waals surface area contributed by atoms with Gasteiger partial charge in [-0.05, 0) is 43.7 Å². The van der Waals surface area contributed by atoms with Gasteiger partial charge in [0.25, 0.3) is 5.91 Å². The van der Waals surface area contributed by atoms with Crippen LogP contribution in [0.2, 0.25) is 0 Å². The molecule has 1 N–H and O–H groups in total. The van der Waals surface area contributed by atoms with Crippen molar-refractivity contribution in [3.8, 4) is 22.8 Å². The molecule has 0 spiro atoms. The van der Waals surface area contributed by atoms with E-state index in [1.807, 2.05) is 42.5 Å². The van der Waals surface area contributed by atoms with E-state index < -0.39 is 18.0 Å². The molecule has 158 valence electrons. The van der Waals surface area contributed by atoms with Crippen molar-refractivity contribution >= 4 is 11.9 Å². The van der Waals surface area contributed by atoms with E-state index in [9.17, 15) is 9.59 Å². The molecule has 1 amide bonds. The van der Waals surface area contributed by atoms with E-state index in [2.05, 4.69) is 10.3 Å². The van der Waals surface area contributed by atoms with Crippen LogP contribution in [0, 0.1) is 6.92 Å². The third-order valence-electron chi connectivity index (χ3n) is 4.93. The number of carbonyl (C=O) groups excluding carboxylic acids is 2. The average Bonchev–Trinajstić information content (AvgIpc) is 3.25. The minimum Gasteiger partial charge on any atom is -0.454 e. The lowest BCUT2D eigenvalue weighted by Gasteiger charge is -2.15. The van der Waals surface area contributed by atoms with Crippen molar-refractivity contribution in [2.45, 2.75) is 26.5 Å². The Labute approximate surface area is 180 Å². The lowest BCUT2D eigenvalue weighted by molar-refractivity contribution is -0.129. The van der Waals surface area contributed by atoms with Crippen LogP contribution in [0.3, 0.4) is 0 Å². The minimum absolute atomic E-state index is 0.193. The number of amides is 1. The van der Waals surface area contributed by atoms with Gasteiger partial charge in [0.15, 0.2) is 17.6 Å². The fourth-order valence-corrected chi connectivity index (χ4v) is 3.21. The molecule has 2 aromatic carbocycles. The first-order valence-electron chi connectivity index (χ1n) is 9.91. The highest BCUT2D eigenvalue weighted by molar-refractivity contribution is 5.93. The summed E-state index contributed by atoms with van der Waals surface area (Å²) < 4.78 is 16.0. The lowest BCUT2D eigenvalue weighted by Crippen LogP contribution is -2.35. The molecule has 7 heteroatoms. The first kappa shape index (κ1) is 20.4.